The van der Waals surface area contributed by atoms with Crippen LogP contribution in [0.3, 0.4) is 0 Å². The van der Waals surface area contributed by atoms with Crippen molar-refractivity contribution >= 4 is 21.6 Å². The van der Waals surface area contributed by atoms with E-state index in [2.05, 4.69) is 10.7 Å². The molecule has 4 heteroatoms. The topological polar surface area (TPSA) is 40.5 Å². The number of rotatable bonds is 4. The third-order valence-corrected chi connectivity index (χ3v) is 3.36. The van der Waals surface area contributed by atoms with Crippen LogP contribution in [-0.2, 0) is 0 Å². The zero-order valence-corrected chi connectivity index (χ0v) is 7.83. The van der Waals surface area contributed by atoms with Gasteiger partial charge in [0.1, 0.15) is 5.03 Å². The summed E-state index contributed by atoms with van der Waals surface area (Å²) in [4.78, 5) is 4.17. The van der Waals surface area contributed by atoms with Gasteiger partial charge in [-0.05, 0) is 22.9 Å². The second-order valence-corrected chi connectivity index (χ2v) is 4.36. The van der Waals surface area contributed by atoms with Crippen molar-refractivity contribution in [1.29, 1.82) is 0 Å². The van der Waals surface area contributed by atoms with Gasteiger partial charge in [-0.1, -0.05) is 16.9 Å². The fourth-order valence-corrected chi connectivity index (χ4v) is 2.38. The lowest BCUT2D eigenvalue weighted by atomic mass is 10.5. The van der Waals surface area contributed by atoms with E-state index in [1.54, 1.807) is 21.6 Å². The SMILES string of the molecule is [NH3+]CCSSc1ccccn1. The highest BCUT2D eigenvalue weighted by atomic mass is 33.1. The van der Waals surface area contributed by atoms with Crippen LogP contribution in [0, 0.1) is 0 Å². The maximum absolute atomic E-state index is 4.17. The van der Waals surface area contributed by atoms with Crippen molar-refractivity contribution < 1.29 is 5.73 Å². The summed E-state index contributed by atoms with van der Waals surface area (Å²) in [7, 11) is 3.51. The van der Waals surface area contributed by atoms with Gasteiger partial charge in [-0.15, -0.1) is 0 Å². The Morgan fingerprint density at radius 3 is 3.00 bits per heavy atom. The van der Waals surface area contributed by atoms with Crippen molar-refractivity contribution in [3.63, 3.8) is 0 Å². The molecule has 3 N–H and O–H groups in total. The zero-order chi connectivity index (χ0) is 7.94. The largest absolute Gasteiger partial charge is 0.357 e. The Labute approximate surface area is 74.4 Å². The van der Waals surface area contributed by atoms with Crippen LogP contribution in [-0.4, -0.2) is 17.3 Å². The maximum atomic E-state index is 4.17. The normalized spacial score (nSPS) is 9.91. The van der Waals surface area contributed by atoms with Crippen LogP contribution in [0.25, 0.3) is 0 Å². The molecule has 11 heavy (non-hydrogen) atoms. The highest BCUT2D eigenvalue weighted by Gasteiger charge is 1.92. The average molecular weight is 187 g/mol. The van der Waals surface area contributed by atoms with E-state index >= 15 is 0 Å². The molecule has 0 aliphatic rings. The van der Waals surface area contributed by atoms with Gasteiger partial charge in [-0.25, -0.2) is 4.98 Å². The van der Waals surface area contributed by atoms with Gasteiger partial charge in [0.15, 0.2) is 0 Å². The Balaban J connectivity index is 2.28. The molecule has 0 saturated heterocycles. The number of aromatic nitrogens is 1. The third-order valence-electron chi connectivity index (χ3n) is 1.01. The Hall–Kier alpha value is -0.190. The molecule has 0 aliphatic carbocycles. The van der Waals surface area contributed by atoms with Gasteiger partial charge in [-0.3, -0.25) is 0 Å². The second kappa shape index (κ2) is 5.46. The van der Waals surface area contributed by atoms with Crippen molar-refractivity contribution in [1.82, 2.24) is 4.98 Å². The Kier molecular flexibility index (Phi) is 4.42. The molecule has 0 spiro atoms. The first-order chi connectivity index (χ1) is 5.43. The Morgan fingerprint density at radius 2 is 2.36 bits per heavy atom. The zero-order valence-electron chi connectivity index (χ0n) is 6.19. The summed E-state index contributed by atoms with van der Waals surface area (Å²) in [5.41, 5.74) is 3.76. The van der Waals surface area contributed by atoms with E-state index in [1.807, 2.05) is 24.4 Å². The number of quaternary nitrogens is 1. The highest BCUT2D eigenvalue weighted by Crippen LogP contribution is 2.27. The molecule has 0 radical (unpaired) electrons. The minimum absolute atomic E-state index is 0.977. The summed E-state index contributed by atoms with van der Waals surface area (Å²) in [6, 6.07) is 5.94. The van der Waals surface area contributed by atoms with E-state index in [9.17, 15) is 0 Å². The van der Waals surface area contributed by atoms with Gasteiger partial charge >= 0.3 is 0 Å². The highest BCUT2D eigenvalue weighted by molar-refractivity contribution is 8.76. The number of hydrogen-bond acceptors (Lipinski definition) is 3. The van der Waals surface area contributed by atoms with Crippen LogP contribution < -0.4 is 5.73 Å². The maximum Gasteiger partial charge on any atom is 0.106 e. The van der Waals surface area contributed by atoms with Crippen molar-refractivity contribution in [2.45, 2.75) is 5.03 Å². The van der Waals surface area contributed by atoms with Crippen LogP contribution >= 0.6 is 21.6 Å². The molecule has 60 valence electrons. The summed E-state index contributed by atoms with van der Waals surface area (Å²) < 4.78 is 0. The minimum atomic E-state index is 0.977. The molecule has 1 aromatic rings. The molecule has 0 amide bonds. The lowest BCUT2D eigenvalue weighted by Gasteiger charge is -1.95. The van der Waals surface area contributed by atoms with E-state index in [0.717, 1.165) is 17.3 Å². The molecule has 0 bridgehead atoms. The van der Waals surface area contributed by atoms with Crippen molar-refractivity contribution in [3.05, 3.63) is 24.4 Å². The summed E-state index contributed by atoms with van der Waals surface area (Å²) in [6.07, 6.45) is 1.81. The van der Waals surface area contributed by atoms with Gasteiger partial charge in [0.05, 0.1) is 12.3 Å². The van der Waals surface area contributed by atoms with Crippen LogP contribution in [0.2, 0.25) is 0 Å². The predicted molar refractivity (Wildman–Crippen MR) is 50.3 cm³/mol. The predicted octanol–water partition coefficient (Wildman–Crippen LogP) is 1.06. The van der Waals surface area contributed by atoms with Gasteiger partial charge in [0, 0.05) is 6.20 Å². The van der Waals surface area contributed by atoms with Crippen LogP contribution in [0.15, 0.2) is 29.4 Å². The van der Waals surface area contributed by atoms with E-state index in [1.165, 1.54) is 0 Å². The lowest BCUT2D eigenvalue weighted by molar-refractivity contribution is -0.360. The minimum Gasteiger partial charge on any atom is -0.357 e. The lowest BCUT2D eigenvalue weighted by Crippen LogP contribution is -2.51. The first kappa shape index (κ1) is 8.90. The third kappa shape index (κ3) is 3.65. The molecule has 0 saturated carbocycles. The fourth-order valence-electron chi connectivity index (χ4n) is 0.557. The quantitative estimate of drug-likeness (QED) is 0.566. The van der Waals surface area contributed by atoms with E-state index in [0.29, 0.717) is 0 Å². The smallest absolute Gasteiger partial charge is 0.106 e. The van der Waals surface area contributed by atoms with Crippen molar-refractivity contribution in [2.75, 3.05) is 12.3 Å². The van der Waals surface area contributed by atoms with Gasteiger partial charge in [0.2, 0.25) is 0 Å². The first-order valence-corrected chi connectivity index (χ1v) is 5.75. The number of hydrogen-bond donors (Lipinski definition) is 1. The summed E-state index contributed by atoms with van der Waals surface area (Å²) >= 11 is 0. The van der Waals surface area contributed by atoms with E-state index in [4.69, 9.17) is 0 Å². The summed E-state index contributed by atoms with van der Waals surface area (Å²) in [5, 5.41) is 1.07. The van der Waals surface area contributed by atoms with Gasteiger partial charge in [0.25, 0.3) is 0 Å². The van der Waals surface area contributed by atoms with Crippen molar-refractivity contribution in [2.24, 2.45) is 0 Å². The fraction of sp³-hybridized carbons (Fsp3) is 0.286. The molecule has 0 unspecified atom stereocenters. The standard InChI is InChI=1S/C7H10N2S2/c8-4-6-10-11-7-3-1-2-5-9-7/h1-3,5H,4,6,8H2/p+1. The van der Waals surface area contributed by atoms with E-state index < -0.39 is 0 Å². The van der Waals surface area contributed by atoms with Gasteiger partial charge < -0.3 is 5.73 Å². The van der Waals surface area contributed by atoms with Crippen LogP contribution in [0.4, 0.5) is 0 Å². The molecule has 0 aliphatic heterocycles. The van der Waals surface area contributed by atoms with Crippen LogP contribution in [0.5, 0.6) is 0 Å². The first-order valence-electron chi connectivity index (χ1n) is 3.43. The molecule has 0 aromatic carbocycles. The number of nitrogens with zero attached hydrogens (tertiary/aromatic N) is 1. The molecule has 0 fully saturated rings. The Morgan fingerprint density at radius 1 is 1.45 bits per heavy atom. The van der Waals surface area contributed by atoms with Gasteiger partial charge in [-0.2, -0.15) is 0 Å². The molecular formula is C7H11N2S2+. The number of pyridine rings is 1. The Bertz CT molecular complexity index is 191. The molecular weight excluding hydrogens is 176 g/mol. The summed E-state index contributed by atoms with van der Waals surface area (Å²) in [5.74, 6) is 1.08. The monoisotopic (exact) mass is 187 g/mol. The molecule has 1 aromatic heterocycles. The summed E-state index contributed by atoms with van der Waals surface area (Å²) in [6.45, 7) is 0.977. The average Bonchev–Trinajstić information content (AvgIpc) is 2.07. The van der Waals surface area contributed by atoms with E-state index in [-0.39, 0.29) is 0 Å². The molecule has 0 atom stereocenters. The van der Waals surface area contributed by atoms with Crippen molar-refractivity contribution in [3.8, 4) is 0 Å². The molecule has 1 heterocycles. The molecule has 2 nitrogen and oxygen atoms in total. The second-order valence-electron chi connectivity index (χ2n) is 1.93. The molecule has 1 rings (SSSR count). The van der Waals surface area contributed by atoms with Crippen LogP contribution in [0.1, 0.15) is 0 Å².